The average Bonchev–Trinajstić information content (AvgIpc) is 2.91. The quantitative estimate of drug-likeness (QED) is 0.749. The smallest absolute Gasteiger partial charge is 0.221 e. The van der Waals surface area contributed by atoms with Crippen LogP contribution in [-0.4, -0.2) is 42.3 Å². The van der Waals surface area contributed by atoms with Gasteiger partial charge in [0.1, 0.15) is 5.75 Å². The van der Waals surface area contributed by atoms with Gasteiger partial charge in [-0.3, -0.25) is 4.79 Å². The van der Waals surface area contributed by atoms with Gasteiger partial charge >= 0.3 is 0 Å². The van der Waals surface area contributed by atoms with Crippen LogP contribution in [0, 0.1) is 0 Å². The summed E-state index contributed by atoms with van der Waals surface area (Å²) in [5.41, 5.74) is 0. The number of aromatic nitrogens is 1. The van der Waals surface area contributed by atoms with Crippen molar-refractivity contribution in [2.45, 2.75) is 12.8 Å². The van der Waals surface area contributed by atoms with Gasteiger partial charge in [-0.1, -0.05) is 0 Å². The summed E-state index contributed by atoms with van der Waals surface area (Å²) in [7, 11) is -3.43. The number of nitrogens with zero attached hydrogens (tertiary/aromatic N) is 2. The first-order valence-corrected chi connectivity index (χ1v) is 7.49. The van der Waals surface area contributed by atoms with E-state index in [9.17, 15) is 13.2 Å². The van der Waals surface area contributed by atoms with Gasteiger partial charge in [0, 0.05) is 24.7 Å². The third-order valence-electron chi connectivity index (χ3n) is 2.44. The van der Waals surface area contributed by atoms with Crippen molar-refractivity contribution in [3.05, 3.63) is 16.6 Å². The molecule has 1 aromatic heterocycles. The fraction of sp³-hybridized carbons (Fsp3) is 0.556. The highest BCUT2D eigenvalue weighted by molar-refractivity contribution is 7.89. The molecular formula is C9H12N2O3S2. The van der Waals surface area contributed by atoms with Crippen LogP contribution in [0.2, 0.25) is 0 Å². The molecule has 0 atom stereocenters. The van der Waals surface area contributed by atoms with Crippen molar-refractivity contribution in [1.29, 1.82) is 0 Å². The summed E-state index contributed by atoms with van der Waals surface area (Å²) in [6.45, 7) is 1.07. The molecule has 0 amide bonds. The van der Waals surface area contributed by atoms with Gasteiger partial charge in [-0.05, 0) is 12.8 Å². The highest BCUT2D eigenvalue weighted by atomic mass is 32.2. The maximum atomic E-state index is 11.8. The zero-order chi connectivity index (χ0) is 11.6. The van der Waals surface area contributed by atoms with E-state index in [1.54, 1.807) is 5.38 Å². The number of carbonyl (C=O) groups excluding carboxylic acids is 1. The van der Waals surface area contributed by atoms with E-state index in [0.29, 0.717) is 13.1 Å². The number of thiazole rings is 1. The standard InChI is InChI=1S/C9H12N2O3S2/c12-8(9-10-3-6-15-9)7-16(13,14)11-4-1-2-5-11/h3,6H,1-2,4-5,7H2. The predicted molar refractivity (Wildman–Crippen MR) is 61.0 cm³/mol. The molecule has 0 N–H and O–H groups in total. The Morgan fingerprint density at radius 1 is 1.44 bits per heavy atom. The van der Waals surface area contributed by atoms with Crippen LogP contribution in [0.5, 0.6) is 0 Å². The van der Waals surface area contributed by atoms with Gasteiger partial charge in [-0.15, -0.1) is 11.3 Å². The third kappa shape index (κ3) is 2.47. The first kappa shape index (κ1) is 11.7. The molecule has 1 aliphatic rings. The summed E-state index contributed by atoms with van der Waals surface area (Å²) in [5.74, 6) is -0.873. The number of carbonyl (C=O) groups is 1. The Hall–Kier alpha value is -0.790. The van der Waals surface area contributed by atoms with Gasteiger partial charge in [-0.25, -0.2) is 17.7 Å². The van der Waals surface area contributed by atoms with Gasteiger partial charge < -0.3 is 0 Å². The minimum atomic E-state index is -3.43. The molecule has 0 aliphatic carbocycles. The fourth-order valence-corrected chi connectivity index (χ4v) is 3.78. The molecule has 5 nitrogen and oxygen atoms in total. The molecule has 16 heavy (non-hydrogen) atoms. The van der Waals surface area contributed by atoms with Crippen molar-refractivity contribution in [2.24, 2.45) is 0 Å². The lowest BCUT2D eigenvalue weighted by Gasteiger charge is -2.13. The van der Waals surface area contributed by atoms with Crippen LogP contribution in [0.15, 0.2) is 11.6 Å². The van der Waals surface area contributed by atoms with Gasteiger partial charge in [0.05, 0.1) is 0 Å². The Morgan fingerprint density at radius 2 is 2.12 bits per heavy atom. The molecule has 1 saturated heterocycles. The van der Waals surface area contributed by atoms with E-state index in [-0.39, 0.29) is 5.01 Å². The molecule has 88 valence electrons. The number of sulfonamides is 1. The molecule has 0 saturated carbocycles. The van der Waals surface area contributed by atoms with Crippen LogP contribution in [0.3, 0.4) is 0 Å². The minimum Gasteiger partial charge on any atom is -0.290 e. The Labute approximate surface area is 98.2 Å². The van der Waals surface area contributed by atoms with E-state index in [1.807, 2.05) is 0 Å². The molecule has 0 aromatic carbocycles. The molecule has 0 unspecified atom stereocenters. The molecule has 1 aromatic rings. The largest absolute Gasteiger partial charge is 0.290 e. The van der Waals surface area contributed by atoms with E-state index >= 15 is 0 Å². The SMILES string of the molecule is O=C(CS(=O)(=O)N1CCCC1)c1nccs1. The average molecular weight is 260 g/mol. The molecule has 0 spiro atoms. The molecule has 2 rings (SSSR count). The van der Waals surface area contributed by atoms with Crippen LogP contribution in [0.1, 0.15) is 22.6 Å². The Kier molecular flexibility index (Phi) is 3.36. The molecule has 0 radical (unpaired) electrons. The summed E-state index contributed by atoms with van der Waals surface area (Å²) < 4.78 is 25.0. The zero-order valence-electron chi connectivity index (χ0n) is 8.63. The highest BCUT2D eigenvalue weighted by Crippen LogP contribution is 2.15. The Morgan fingerprint density at radius 3 is 2.69 bits per heavy atom. The third-order valence-corrected chi connectivity index (χ3v) is 5.04. The number of rotatable bonds is 4. The summed E-state index contributed by atoms with van der Waals surface area (Å²) >= 11 is 1.17. The first-order chi connectivity index (χ1) is 7.59. The summed E-state index contributed by atoms with van der Waals surface area (Å²) in [6.07, 6.45) is 3.26. The predicted octanol–water partition coefficient (Wildman–Crippen LogP) is 0.751. The van der Waals surface area contributed by atoms with Crippen molar-refractivity contribution in [3.63, 3.8) is 0 Å². The summed E-state index contributed by atoms with van der Waals surface area (Å²) in [5, 5.41) is 1.93. The number of hydrogen-bond donors (Lipinski definition) is 0. The van der Waals surface area contributed by atoms with Gasteiger partial charge in [0.15, 0.2) is 5.01 Å². The fourth-order valence-electron chi connectivity index (χ4n) is 1.65. The van der Waals surface area contributed by atoms with Crippen LogP contribution >= 0.6 is 11.3 Å². The molecular weight excluding hydrogens is 248 g/mol. The zero-order valence-corrected chi connectivity index (χ0v) is 10.3. The number of hydrogen-bond acceptors (Lipinski definition) is 5. The van der Waals surface area contributed by atoms with Crippen molar-refractivity contribution >= 4 is 27.1 Å². The van der Waals surface area contributed by atoms with Crippen molar-refractivity contribution < 1.29 is 13.2 Å². The molecule has 1 fully saturated rings. The molecule has 0 bridgehead atoms. The lowest BCUT2D eigenvalue weighted by atomic mass is 10.4. The number of ketones is 1. The normalized spacial score (nSPS) is 17.8. The van der Waals surface area contributed by atoms with E-state index in [4.69, 9.17) is 0 Å². The van der Waals surface area contributed by atoms with E-state index in [0.717, 1.165) is 12.8 Å². The second-order valence-electron chi connectivity index (χ2n) is 3.62. The van der Waals surface area contributed by atoms with Crippen molar-refractivity contribution in [3.8, 4) is 0 Å². The topological polar surface area (TPSA) is 67.3 Å². The van der Waals surface area contributed by atoms with E-state index in [1.165, 1.54) is 21.8 Å². The van der Waals surface area contributed by atoms with Crippen LogP contribution in [0.4, 0.5) is 0 Å². The van der Waals surface area contributed by atoms with Crippen LogP contribution in [0.25, 0.3) is 0 Å². The maximum absolute atomic E-state index is 11.8. The van der Waals surface area contributed by atoms with Crippen molar-refractivity contribution in [2.75, 3.05) is 18.8 Å². The molecule has 2 heterocycles. The van der Waals surface area contributed by atoms with E-state index < -0.39 is 21.6 Å². The Balaban J connectivity index is 2.06. The number of Topliss-reactive ketones (excluding diaryl/α,β-unsaturated/α-hetero) is 1. The lowest BCUT2D eigenvalue weighted by Crippen LogP contribution is -2.33. The van der Waals surface area contributed by atoms with Gasteiger partial charge in [0.25, 0.3) is 0 Å². The summed E-state index contributed by atoms with van der Waals surface area (Å²) in [6, 6.07) is 0. The first-order valence-electron chi connectivity index (χ1n) is 5.00. The van der Waals surface area contributed by atoms with E-state index in [2.05, 4.69) is 4.98 Å². The van der Waals surface area contributed by atoms with Crippen molar-refractivity contribution in [1.82, 2.24) is 9.29 Å². The summed E-state index contributed by atoms with van der Waals surface area (Å²) in [4.78, 5) is 15.4. The lowest BCUT2D eigenvalue weighted by molar-refractivity contribution is 0.101. The highest BCUT2D eigenvalue weighted by Gasteiger charge is 2.28. The Bertz CT molecular complexity index is 461. The second-order valence-corrected chi connectivity index (χ2v) is 6.49. The minimum absolute atomic E-state index is 0.266. The van der Waals surface area contributed by atoms with Gasteiger partial charge in [-0.2, -0.15) is 0 Å². The molecule has 7 heteroatoms. The van der Waals surface area contributed by atoms with Crippen LogP contribution in [-0.2, 0) is 10.0 Å². The molecule has 1 aliphatic heterocycles. The second kappa shape index (κ2) is 4.60. The monoisotopic (exact) mass is 260 g/mol. The maximum Gasteiger partial charge on any atom is 0.221 e. The van der Waals surface area contributed by atoms with Crippen LogP contribution < -0.4 is 0 Å². The van der Waals surface area contributed by atoms with Gasteiger partial charge in [0.2, 0.25) is 15.8 Å².